The van der Waals surface area contributed by atoms with Crippen molar-refractivity contribution < 1.29 is 4.39 Å². The summed E-state index contributed by atoms with van der Waals surface area (Å²) in [6, 6.07) is 26.6. The van der Waals surface area contributed by atoms with Crippen LogP contribution in [0.1, 0.15) is 29.0 Å². The van der Waals surface area contributed by atoms with Crippen molar-refractivity contribution in [2.45, 2.75) is 18.6 Å². The number of thiocarbonyl (C=S) groups is 1. The third kappa shape index (κ3) is 3.82. The van der Waals surface area contributed by atoms with Crippen LogP contribution in [-0.4, -0.2) is 19.6 Å². The Morgan fingerprint density at radius 2 is 1.77 bits per heavy atom. The van der Waals surface area contributed by atoms with E-state index in [0.29, 0.717) is 11.7 Å². The molecule has 2 aromatic heterocycles. The number of nitrogens with one attached hydrogen (secondary N) is 1. The van der Waals surface area contributed by atoms with Gasteiger partial charge in [0.25, 0.3) is 0 Å². The van der Waals surface area contributed by atoms with Gasteiger partial charge in [0.2, 0.25) is 0 Å². The number of aromatic nitrogens is 2. The molecule has 0 radical (unpaired) electrons. The van der Waals surface area contributed by atoms with Crippen molar-refractivity contribution >= 4 is 17.3 Å². The van der Waals surface area contributed by atoms with Crippen LogP contribution in [-0.2, 0) is 6.54 Å². The van der Waals surface area contributed by atoms with E-state index in [4.69, 9.17) is 12.2 Å². The minimum absolute atomic E-state index is 0.110. The largest absolute Gasteiger partial charge is 0.352 e. The van der Waals surface area contributed by atoms with E-state index in [1.54, 1.807) is 18.3 Å². The first kappa shape index (κ1) is 19.5. The predicted octanol–water partition coefficient (Wildman–Crippen LogP) is 5.18. The third-order valence-corrected chi connectivity index (χ3v) is 5.92. The standard InChI is InChI=1S/C25H21FN4S/c26-19-10-6-11-20(16-19)29-15-7-13-22(29)24-23(21-12-4-5-14-27-21)28-25(31)30(24)17-18-8-2-1-3-9-18/h1-16,23-24H,17H2,(H,28,31)/t23-,24+/m0/s1. The van der Waals surface area contributed by atoms with E-state index < -0.39 is 0 Å². The SMILES string of the molecule is Fc1cccc(-n2cccc2[C@@H]2[C@H](c3ccccn3)NC(=S)N2Cc2ccccc2)c1. The molecular formula is C25H21FN4S. The molecule has 1 fully saturated rings. The number of hydrogen-bond donors (Lipinski definition) is 1. The molecule has 5 rings (SSSR count). The highest BCUT2D eigenvalue weighted by Gasteiger charge is 2.41. The van der Waals surface area contributed by atoms with Crippen molar-refractivity contribution in [3.05, 3.63) is 120 Å². The van der Waals surface area contributed by atoms with E-state index in [9.17, 15) is 4.39 Å². The number of halogens is 1. The van der Waals surface area contributed by atoms with Crippen LogP contribution < -0.4 is 5.32 Å². The van der Waals surface area contributed by atoms with Crippen molar-refractivity contribution in [3.63, 3.8) is 0 Å². The molecule has 2 atom stereocenters. The van der Waals surface area contributed by atoms with Crippen LogP contribution in [0.3, 0.4) is 0 Å². The van der Waals surface area contributed by atoms with Gasteiger partial charge in [0.15, 0.2) is 5.11 Å². The maximum Gasteiger partial charge on any atom is 0.170 e. The Morgan fingerprint density at radius 3 is 2.55 bits per heavy atom. The molecule has 2 aromatic carbocycles. The molecule has 4 nitrogen and oxygen atoms in total. The maximum atomic E-state index is 14.0. The van der Waals surface area contributed by atoms with Crippen molar-refractivity contribution in [1.82, 2.24) is 19.8 Å². The summed E-state index contributed by atoms with van der Waals surface area (Å²) in [6.45, 7) is 0.662. The number of pyridine rings is 1. The molecule has 0 bridgehead atoms. The monoisotopic (exact) mass is 428 g/mol. The molecule has 0 aliphatic carbocycles. The first-order valence-electron chi connectivity index (χ1n) is 10.2. The quantitative estimate of drug-likeness (QED) is 0.444. The van der Waals surface area contributed by atoms with Gasteiger partial charge >= 0.3 is 0 Å². The summed E-state index contributed by atoms with van der Waals surface area (Å²) in [7, 11) is 0. The number of rotatable bonds is 5. The molecule has 0 spiro atoms. The fourth-order valence-electron chi connectivity index (χ4n) is 4.17. The molecule has 6 heteroatoms. The van der Waals surface area contributed by atoms with Crippen molar-refractivity contribution in [3.8, 4) is 5.69 Å². The highest BCUT2D eigenvalue weighted by Crippen LogP contribution is 2.40. The van der Waals surface area contributed by atoms with Crippen LogP contribution in [0.15, 0.2) is 97.3 Å². The van der Waals surface area contributed by atoms with Gasteiger partial charge in [0, 0.05) is 30.3 Å². The molecule has 3 heterocycles. The van der Waals surface area contributed by atoms with Gasteiger partial charge in [-0.05, 0) is 60.2 Å². The Balaban J connectivity index is 1.61. The van der Waals surface area contributed by atoms with E-state index in [1.165, 1.54) is 11.6 Å². The second-order valence-electron chi connectivity index (χ2n) is 7.52. The number of benzene rings is 2. The molecule has 0 unspecified atom stereocenters. The van der Waals surface area contributed by atoms with Crippen molar-refractivity contribution in [2.75, 3.05) is 0 Å². The Bertz CT molecular complexity index is 1190. The van der Waals surface area contributed by atoms with Crippen LogP contribution in [0.25, 0.3) is 5.69 Å². The van der Waals surface area contributed by atoms with E-state index >= 15 is 0 Å². The smallest absolute Gasteiger partial charge is 0.170 e. The molecule has 0 saturated carbocycles. The van der Waals surface area contributed by atoms with Gasteiger partial charge < -0.3 is 14.8 Å². The molecule has 154 valence electrons. The summed E-state index contributed by atoms with van der Waals surface area (Å²) >= 11 is 5.77. The highest BCUT2D eigenvalue weighted by molar-refractivity contribution is 7.80. The summed E-state index contributed by atoms with van der Waals surface area (Å²) in [4.78, 5) is 6.78. The van der Waals surface area contributed by atoms with Gasteiger partial charge in [-0.25, -0.2) is 4.39 Å². The zero-order valence-corrected chi connectivity index (χ0v) is 17.5. The number of hydrogen-bond acceptors (Lipinski definition) is 2. The minimum Gasteiger partial charge on any atom is -0.352 e. The average Bonchev–Trinajstić information content (AvgIpc) is 3.40. The first-order chi connectivity index (χ1) is 15.2. The van der Waals surface area contributed by atoms with E-state index in [2.05, 4.69) is 33.4 Å². The summed E-state index contributed by atoms with van der Waals surface area (Å²) in [6.07, 6.45) is 3.75. The van der Waals surface area contributed by atoms with Crippen LogP contribution in [0.4, 0.5) is 4.39 Å². The third-order valence-electron chi connectivity index (χ3n) is 5.56. The first-order valence-corrected chi connectivity index (χ1v) is 10.6. The zero-order chi connectivity index (χ0) is 21.2. The molecular weight excluding hydrogens is 407 g/mol. The fraction of sp³-hybridized carbons (Fsp3) is 0.120. The number of nitrogens with zero attached hydrogens (tertiary/aromatic N) is 3. The molecule has 1 saturated heterocycles. The van der Waals surface area contributed by atoms with Gasteiger partial charge in [-0.2, -0.15) is 0 Å². The predicted molar refractivity (Wildman–Crippen MR) is 123 cm³/mol. The lowest BCUT2D eigenvalue weighted by Gasteiger charge is -2.29. The van der Waals surface area contributed by atoms with Crippen LogP contribution in [0, 0.1) is 5.82 Å². The minimum atomic E-state index is -0.264. The zero-order valence-electron chi connectivity index (χ0n) is 16.7. The van der Waals surface area contributed by atoms with Gasteiger partial charge in [0.1, 0.15) is 5.82 Å². The van der Waals surface area contributed by atoms with E-state index in [-0.39, 0.29) is 17.9 Å². The molecule has 0 amide bonds. The Morgan fingerprint density at radius 1 is 0.935 bits per heavy atom. The lowest BCUT2D eigenvalue weighted by atomic mass is 10.0. The van der Waals surface area contributed by atoms with Crippen LogP contribution >= 0.6 is 12.2 Å². The topological polar surface area (TPSA) is 33.1 Å². The lowest BCUT2D eigenvalue weighted by molar-refractivity contribution is 0.302. The summed E-state index contributed by atoms with van der Waals surface area (Å²) < 4.78 is 16.0. The van der Waals surface area contributed by atoms with Gasteiger partial charge in [-0.1, -0.05) is 42.5 Å². The van der Waals surface area contributed by atoms with Crippen molar-refractivity contribution in [2.24, 2.45) is 0 Å². The van der Waals surface area contributed by atoms with Crippen LogP contribution in [0.2, 0.25) is 0 Å². The van der Waals surface area contributed by atoms with Crippen LogP contribution in [0.5, 0.6) is 0 Å². The van der Waals surface area contributed by atoms with Crippen molar-refractivity contribution in [1.29, 1.82) is 0 Å². The lowest BCUT2D eigenvalue weighted by Crippen LogP contribution is -2.30. The normalized spacial score (nSPS) is 18.2. The van der Waals surface area contributed by atoms with E-state index in [1.807, 2.05) is 59.3 Å². The summed E-state index contributed by atoms with van der Waals surface area (Å²) in [5.74, 6) is -0.264. The van der Waals surface area contributed by atoms with Gasteiger partial charge in [-0.3, -0.25) is 4.98 Å². The Kier molecular flexibility index (Phi) is 5.22. The maximum absolute atomic E-state index is 14.0. The Labute approximate surface area is 186 Å². The van der Waals surface area contributed by atoms with E-state index in [0.717, 1.165) is 17.1 Å². The Hall–Kier alpha value is -3.51. The molecule has 1 aliphatic heterocycles. The molecule has 4 aromatic rings. The van der Waals surface area contributed by atoms with Gasteiger partial charge in [-0.15, -0.1) is 0 Å². The average molecular weight is 429 g/mol. The van der Waals surface area contributed by atoms with Gasteiger partial charge in [0.05, 0.1) is 17.8 Å². The molecule has 1 N–H and O–H groups in total. The summed E-state index contributed by atoms with van der Waals surface area (Å²) in [5, 5.41) is 4.15. The summed E-state index contributed by atoms with van der Waals surface area (Å²) in [5.41, 5.74) is 3.88. The fourth-order valence-corrected chi connectivity index (χ4v) is 4.48. The second-order valence-corrected chi connectivity index (χ2v) is 7.91. The molecule has 1 aliphatic rings. The molecule has 31 heavy (non-hydrogen) atoms. The second kappa shape index (κ2) is 8.32. The highest BCUT2D eigenvalue weighted by atomic mass is 32.1.